The molecule has 9 heavy (non-hydrogen) atoms. The van der Waals surface area contributed by atoms with Gasteiger partial charge in [0.25, 0.3) is 0 Å². The Kier molecular flexibility index (Phi) is 1.86. The van der Waals surface area contributed by atoms with Crippen LogP contribution in [0.25, 0.3) is 0 Å². The zero-order chi connectivity index (χ0) is 6.74. The molecule has 0 aromatic rings. The maximum absolute atomic E-state index is 10.1. The van der Waals surface area contributed by atoms with Gasteiger partial charge in [-0.3, -0.25) is 4.79 Å². The lowest BCUT2D eigenvalue weighted by atomic mass is 9.86. The number of rotatable bonds is 1. The molecule has 0 bridgehead atoms. The van der Waals surface area contributed by atoms with Crippen LogP contribution >= 0.6 is 0 Å². The van der Waals surface area contributed by atoms with Gasteiger partial charge in [0.2, 0.25) is 6.29 Å². The van der Waals surface area contributed by atoms with Crippen molar-refractivity contribution in [1.29, 1.82) is 0 Å². The van der Waals surface area contributed by atoms with Gasteiger partial charge in [0, 0.05) is 0 Å². The normalized spacial score (nSPS) is 25.4. The molecular formula is C7H11O2. The van der Waals surface area contributed by atoms with Gasteiger partial charge in [-0.1, -0.05) is 19.3 Å². The fourth-order valence-corrected chi connectivity index (χ4v) is 1.24. The number of aliphatic hydroxyl groups is 1. The maximum atomic E-state index is 10.1. The lowest BCUT2D eigenvalue weighted by Crippen LogP contribution is -2.32. The molecule has 0 unspecified atom stereocenters. The van der Waals surface area contributed by atoms with Crippen molar-refractivity contribution in [3.8, 4) is 0 Å². The van der Waals surface area contributed by atoms with Gasteiger partial charge in [0.05, 0.1) is 0 Å². The molecule has 1 aliphatic rings. The lowest BCUT2D eigenvalue weighted by Gasteiger charge is -2.24. The molecule has 0 aromatic carbocycles. The van der Waals surface area contributed by atoms with Crippen LogP contribution in [0.1, 0.15) is 32.1 Å². The summed E-state index contributed by atoms with van der Waals surface area (Å²) in [7, 11) is 0. The maximum Gasteiger partial charge on any atom is 0.232 e. The van der Waals surface area contributed by atoms with Crippen molar-refractivity contribution < 1.29 is 9.90 Å². The summed E-state index contributed by atoms with van der Waals surface area (Å²) in [5.41, 5.74) is -1.09. The van der Waals surface area contributed by atoms with Gasteiger partial charge < -0.3 is 5.11 Å². The summed E-state index contributed by atoms with van der Waals surface area (Å²) < 4.78 is 0. The lowest BCUT2D eigenvalue weighted by molar-refractivity contribution is 0.0680. The van der Waals surface area contributed by atoms with Crippen LogP contribution in [0.3, 0.4) is 0 Å². The number of hydrogen-bond acceptors (Lipinski definition) is 2. The molecule has 1 N–H and O–H groups in total. The van der Waals surface area contributed by atoms with Crippen LogP contribution in [0.15, 0.2) is 0 Å². The van der Waals surface area contributed by atoms with Gasteiger partial charge in [0.15, 0.2) is 0 Å². The molecule has 1 saturated carbocycles. The van der Waals surface area contributed by atoms with Crippen molar-refractivity contribution in [2.24, 2.45) is 0 Å². The highest BCUT2D eigenvalue weighted by molar-refractivity contribution is 5.62. The molecular weight excluding hydrogens is 116 g/mol. The minimum Gasteiger partial charge on any atom is -0.382 e. The van der Waals surface area contributed by atoms with Crippen LogP contribution in [0.2, 0.25) is 0 Å². The third-order valence-corrected chi connectivity index (χ3v) is 1.87. The van der Waals surface area contributed by atoms with Crippen LogP contribution in [0, 0.1) is 0 Å². The van der Waals surface area contributed by atoms with Gasteiger partial charge in [0.1, 0.15) is 5.60 Å². The Balaban J connectivity index is 2.46. The smallest absolute Gasteiger partial charge is 0.232 e. The fourth-order valence-electron chi connectivity index (χ4n) is 1.24. The Morgan fingerprint density at radius 1 is 1.22 bits per heavy atom. The van der Waals surface area contributed by atoms with Gasteiger partial charge in [-0.2, -0.15) is 0 Å². The van der Waals surface area contributed by atoms with E-state index in [4.69, 9.17) is 0 Å². The highest BCUT2D eigenvalue weighted by Gasteiger charge is 2.29. The summed E-state index contributed by atoms with van der Waals surface area (Å²) in [5, 5.41) is 9.26. The molecule has 0 aromatic heterocycles. The van der Waals surface area contributed by atoms with E-state index >= 15 is 0 Å². The Hall–Kier alpha value is -0.370. The molecule has 0 atom stereocenters. The first kappa shape index (κ1) is 6.75. The molecule has 0 saturated heterocycles. The first-order chi connectivity index (χ1) is 4.27. The van der Waals surface area contributed by atoms with E-state index in [0.717, 1.165) is 19.3 Å². The van der Waals surface area contributed by atoms with Crippen molar-refractivity contribution in [2.45, 2.75) is 37.7 Å². The predicted octanol–water partition coefficient (Wildman–Crippen LogP) is 0.791. The zero-order valence-corrected chi connectivity index (χ0v) is 5.39. The summed E-state index contributed by atoms with van der Waals surface area (Å²) in [6.45, 7) is 0. The minimum atomic E-state index is -1.09. The molecule has 1 fully saturated rings. The molecule has 2 nitrogen and oxygen atoms in total. The molecule has 2 heteroatoms. The van der Waals surface area contributed by atoms with E-state index in [1.54, 1.807) is 6.29 Å². The van der Waals surface area contributed by atoms with Crippen LogP contribution in [-0.2, 0) is 4.79 Å². The third-order valence-electron chi connectivity index (χ3n) is 1.87. The first-order valence-corrected chi connectivity index (χ1v) is 3.38. The monoisotopic (exact) mass is 127 g/mol. The Morgan fingerprint density at radius 2 is 1.78 bits per heavy atom. The number of carbonyl (C=O) groups excluding carboxylic acids is 1. The Labute approximate surface area is 54.9 Å². The molecule has 0 amide bonds. The Bertz CT molecular complexity index is 103. The standard InChI is InChI=1S/C7H11O2/c8-6-7(9)4-2-1-3-5-7/h9H,1-5H2. The van der Waals surface area contributed by atoms with E-state index in [2.05, 4.69) is 0 Å². The zero-order valence-electron chi connectivity index (χ0n) is 5.39. The third kappa shape index (κ3) is 1.52. The van der Waals surface area contributed by atoms with Gasteiger partial charge in [-0.05, 0) is 12.8 Å². The molecule has 0 heterocycles. The largest absolute Gasteiger partial charge is 0.382 e. The summed E-state index contributed by atoms with van der Waals surface area (Å²) in [5.74, 6) is 0. The molecule has 1 aliphatic carbocycles. The highest BCUT2D eigenvalue weighted by Crippen LogP contribution is 2.25. The van der Waals surface area contributed by atoms with E-state index in [1.807, 2.05) is 0 Å². The van der Waals surface area contributed by atoms with Crippen molar-refractivity contribution in [2.75, 3.05) is 0 Å². The summed E-state index contributed by atoms with van der Waals surface area (Å²) in [6.07, 6.45) is 5.97. The SMILES string of the molecule is O=[C]C1(O)CCCCC1. The highest BCUT2D eigenvalue weighted by atomic mass is 16.3. The van der Waals surface area contributed by atoms with Gasteiger partial charge in [-0.25, -0.2) is 0 Å². The second kappa shape index (κ2) is 2.48. The van der Waals surface area contributed by atoms with E-state index < -0.39 is 5.60 Å². The second-order valence-electron chi connectivity index (χ2n) is 2.69. The topological polar surface area (TPSA) is 37.3 Å². The first-order valence-electron chi connectivity index (χ1n) is 3.38. The molecule has 1 rings (SSSR count). The Morgan fingerprint density at radius 3 is 2.11 bits per heavy atom. The average Bonchev–Trinajstić information content (AvgIpc) is 1.90. The minimum absolute atomic E-state index is 0.608. The van der Waals surface area contributed by atoms with E-state index in [1.165, 1.54) is 0 Å². The van der Waals surface area contributed by atoms with Crippen LogP contribution in [-0.4, -0.2) is 17.0 Å². The molecule has 1 radical (unpaired) electrons. The molecule has 51 valence electrons. The van der Waals surface area contributed by atoms with E-state index in [9.17, 15) is 9.90 Å². The average molecular weight is 127 g/mol. The van der Waals surface area contributed by atoms with E-state index in [0.29, 0.717) is 12.8 Å². The van der Waals surface area contributed by atoms with Crippen LogP contribution < -0.4 is 0 Å². The summed E-state index contributed by atoms with van der Waals surface area (Å²) in [4.78, 5) is 10.1. The van der Waals surface area contributed by atoms with Gasteiger partial charge in [-0.15, -0.1) is 0 Å². The van der Waals surface area contributed by atoms with Crippen molar-refractivity contribution in [3.05, 3.63) is 0 Å². The quantitative estimate of drug-likeness (QED) is 0.565. The predicted molar refractivity (Wildman–Crippen MR) is 33.7 cm³/mol. The van der Waals surface area contributed by atoms with Crippen molar-refractivity contribution in [3.63, 3.8) is 0 Å². The van der Waals surface area contributed by atoms with E-state index in [-0.39, 0.29) is 0 Å². The molecule has 0 spiro atoms. The number of hydrogen-bond donors (Lipinski definition) is 1. The summed E-state index contributed by atoms with van der Waals surface area (Å²) >= 11 is 0. The second-order valence-corrected chi connectivity index (χ2v) is 2.69. The van der Waals surface area contributed by atoms with Gasteiger partial charge >= 0.3 is 0 Å². The van der Waals surface area contributed by atoms with Crippen molar-refractivity contribution >= 4 is 6.29 Å². The van der Waals surface area contributed by atoms with Crippen LogP contribution in [0.4, 0.5) is 0 Å². The van der Waals surface area contributed by atoms with Crippen LogP contribution in [0.5, 0.6) is 0 Å². The molecule has 0 aliphatic heterocycles. The van der Waals surface area contributed by atoms with Crippen molar-refractivity contribution in [1.82, 2.24) is 0 Å². The fraction of sp³-hybridized carbons (Fsp3) is 0.857. The summed E-state index contributed by atoms with van der Waals surface area (Å²) in [6, 6.07) is 0.